The first-order valence-electron chi connectivity index (χ1n) is 4.94. The first-order valence-corrected chi connectivity index (χ1v) is 6.02. The van der Waals surface area contributed by atoms with Gasteiger partial charge in [0.2, 0.25) is 0 Å². The zero-order valence-electron chi connectivity index (χ0n) is 8.09. The van der Waals surface area contributed by atoms with Crippen LogP contribution in [0.15, 0.2) is 0 Å². The second-order valence-corrected chi connectivity index (χ2v) is 5.37. The molecule has 1 aliphatic rings. The van der Waals surface area contributed by atoms with Gasteiger partial charge in [0.05, 0.1) is 6.42 Å². The minimum absolute atomic E-state index is 0.0887. The van der Waals surface area contributed by atoms with Crippen molar-refractivity contribution >= 4 is 32.4 Å². The van der Waals surface area contributed by atoms with E-state index in [2.05, 4.69) is 0 Å². The van der Waals surface area contributed by atoms with Gasteiger partial charge in [-0.3, -0.25) is 9.59 Å². The Balaban J connectivity index is 2.66. The van der Waals surface area contributed by atoms with Crippen LogP contribution in [0.5, 0.6) is 0 Å². The van der Waals surface area contributed by atoms with Crippen molar-refractivity contribution in [1.29, 1.82) is 0 Å². The van der Waals surface area contributed by atoms with E-state index in [9.17, 15) is 9.59 Å². The summed E-state index contributed by atoms with van der Waals surface area (Å²) in [5.74, 6) is -0.774. The zero-order valence-corrected chi connectivity index (χ0v) is 10.2. The van der Waals surface area contributed by atoms with Gasteiger partial charge in [-0.05, 0) is 40.8 Å². The molecule has 0 amide bonds. The molecule has 1 rings (SSSR count). The maximum atomic E-state index is 11.1. The van der Waals surface area contributed by atoms with Crippen LogP contribution >= 0.6 is 22.6 Å². The van der Waals surface area contributed by atoms with Crippen LogP contribution in [0.3, 0.4) is 0 Å². The third-order valence-corrected chi connectivity index (χ3v) is 3.34. The van der Waals surface area contributed by atoms with Crippen molar-refractivity contribution in [3.8, 4) is 0 Å². The van der Waals surface area contributed by atoms with E-state index < -0.39 is 5.97 Å². The molecule has 14 heavy (non-hydrogen) atoms. The van der Waals surface area contributed by atoms with Crippen LogP contribution in [0.4, 0.5) is 0 Å². The smallest absolute Gasteiger partial charge is 0.303 e. The monoisotopic (exact) mass is 310 g/mol. The molecule has 0 spiro atoms. The third kappa shape index (κ3) is 3.55. The summed E-state index contributed by atoms with van der Waals surface area (Å²) in [6, 6.07) is 0. The predicted molar refractivity (Wildman–Crippen MR) is 61.4 cm³/mol. The molecule has 1 aliphatic carbocycles. The maximum absolute atomic E-state index is 11.1. The minimum Gasteiger partial charge on any atom is -0.481 e. The Labute approximate surface area is 97.4 Å². The molecule has 0 heterocycles. The molecule has 1 saturated carbocycles. The van der Waals surface area contributed by atoms with Crippen LogP contribution in [-0.2, 0) is 9.59 Å². The normalized spacial score (nSPS) is 20.4. The second kappa shape index (κ2) is 5.09. The summed E-state index contributed by atoms with van der Waals surface area (Å²) in [6.45, 7) is 0. The lowest BCUT2D eigenvalue weighted by Crippen LogP contribution is -2.29. The molecule has 80 valence electrons. The third-order valence-electron chi connectivity index (χ3n) is 2.95. The SMILES string of the molecule is O=C(O)CC1(CC(=O)I)CCCCC1. The van der Waals surface area contributed by atoms with Gasteiger partial charge in [0, 0.05) is 6.42 Å². The van der Waals surface area contributed by atoms with Crippen LogP contribution in [0.25, 0.3) is 0 Å². The Morgan fingerprint density at radius 1 is 1.14 bits per heavy atom. The predicted octanol–water partition coefficient (Wildman–Crippen LogP) is 2.76. The largest absolute Gasteiger partial charge is 0.481 e. The summed E-state index contributed by atoms with van der Waals surface area (Å²) >= 11 is 1.77. The van der Waals surface area contributed by atoms with Gasteiger partial charge >= 0.3 is 5.97 Å². The van der Waals surface area contributed by atoms with Gasteiger partial charge in [0.1, 0.15) is 0 Å². The Morgan fingerprint density at radius 3 is 2.14 bits per heavy atom. The summed E-state index contributed by atoms with van der Waals surface area (Å²) < 4.78 is 0.0887. The molecular weight excluding hydrogens is 295 g/mol. The van der Waals surface area contributed by atoms with Crippen molar-refractivity contribution in [3.05, 3.63) is 0 Å². The first kappa shape index (κ1) is 11.9. The van der Waals surface area contributed by atoms with Gasteiger partial charge in [0.15, 0.2) is 3.79 Å². The van der Waals surface area contributed by atoms with E-state index in [1.807, 2.05) is 0 Å². The summed E-state index contributed by atoms with van der Waals surface area (Å²) in [5, 5.41) is 8.83. The highest BCUT2D eigenvalue weighted by atomic mass is 127. The molecule has 1 fully saturated rings. The van der Waals surface area contributed by atoms with Gasteiger partial charge in [-0.15, -0.1) is 0 Å². The Kier molecular flexibility index (Phi) is 4.34. The summed E-state index contributed by atoms with van der Waals surface area (Å²) in [5.41, 5.74) is -0.234. The molecule has 0 aliphatic heterocycles. The van der Waals surface area contributed by atoms with E-state index in [4.69, 9.17) is 5.11 Å². The Morgan fingerprint density at radius 2 is 1.71 bits per heavy atom. The van der Waals surface area contributed by atoms with E-state index in [0.29, 0.717) is 6.42 Å². The van der Waals surface area contributed by atoms with E-state index in [1.54, 1.807) is 22.6 Å². The minimum atomic E-state index is -0.774. The quantitative estimate of drug-likeness (QED) is 0.642. The van der Waals surface area contributed by atoms with Crippen molar-refractivity contribution in [2.45, 2.75) is 44.9 Å². The number of hydrogen-bond donors (Lipinski definition) is 1. The second-order valence-electron chi connectivity index (χ2n) is 4.16. The number of halogens is 1. The Hall–Kier alpha value is -0.130. The van der Waals surface area contributed by atoms with Crippen LogP contribution in [0.1, 0.15) is 44.9 Å². The molecule has 3 nitrogen and oxygen atoms in total. The van der Waals surface area contributed by atoms with E-state index in [-0.39, 0.29) is 15.6 Å². The van der Waals surface area contributed by atoms with Gasteiger partial charge in [0.25, 0.3) is 0 Å². The van der Waals surface area contributed by atoms with Crippen molar-refractivity contribution in [2.75, 3.05) is 0 Å². The average molecular weight is 310 g/mol. The van der Waals surface area contributed by atoms with E-state index >= 15 is 0 Å². The number of rotatable bonds is 4. The van der Waals surface area contributed by atoms with Gasteiger partial charge < -0.3 is 5.11 Å². The topological polar surface area (TPSA) is 54.4 Å². The highest BCUT2D eigenvalue weighted by Crippen LogP contribution is 2.42. The highest BCUT2D eigenvalue weighted by Gasteiger charge is 2.35. The summed E-state index contributed by atoms with van der Waals surface area (Å²) in [6.07, 6.45) is 5.69. The van der Waals surface area contributed by atoms with Crippen LogP contribution in [-0.4, -0.2) is 14.9 Å². The standard InChI is InChI=1S/C10H15IO3/c11-8(12)6-10(7-9(13)14)4-2-1-3-5-10/h1-7H2,(H,13,14). The molecule has 0 bridgehead atoms. The van der Waals surface area contributed by atoms with Crippen molar-refractivity contribution in [2.24, 2.45) is 5.41 Å². The van der Waals surface area contributed by atoms with Crippen LogP contribution in [0, 0.1) is 5.41 Å². The Bertz CT molecular complexity index is 214. The van der Waals surface area contributed by atoms with E-state index in [1.165, 1.54) is 6.42 Å². The molecule has 0 saturated heterocycles. The molecular formula is C10H15IO3. The number of carboxylic acid groups (broad SMARTS) is 1. The zero-order chi connectivity index (χ0) is 10.6. The molecule has 0 radical (unpaired) electrons. The van der Waals surface area contributed by atoms with Crippen LogP contribution < -0.4 is 0 Å². The van der Waals surface area contributed by atoms with Crippen LogP contribution in [0.2, 0.25) is 0 Å². The molecule has 1 N–H and O–H groups in total. The summed E-state index contributed by atoms with van der Waals surface area (Å²) in [4.78, 5) is 21.8. The van der Waals surface area contributed by atoms with E-state index in [0.717, 1.165) is 25.7 Å². The fraction of sp³-hybridized carbons (Fsp3) is 0.800. The number of carboxylic acids is 1. The molecule has 0 aromatic heterocycles. The van der Waals surface area contributed by atoms with Crippen molar-refractivity contribution < 1.29 is 14.7 Å². The molecule has 0 atom stereocenters. The number of hydrogen-bond acceptors (Lipinski definition) is 2. The maximum Gasteiger partial charge on any atom is 0.303 e. The molecule has 0 unspecified atom stereocenters. The average Bonchev–Trinajstić information content (AvgIpc) is 2.01. The van der Waals surface area contributed by atoms with Gasteiger partial charge in [-0.25, -0.2) is 0 Å². The fourth-order valence-electron chi connectivity index (χ4n) is 2.33. The van der Waals surface area contributed by atoms with Gasteiger partial charge in [-0.2, -0.15) is 0 Å². The molecule has 4 heteroatoms. The molecule has 0 aromatic rings. The number of carbonyl (C=O) groups excluding carboxylic acids is 1. The lowest BCUT2D eigenvalue weighted by molar-refractivity contribution is -0.140. The van der Waals surface area contributed by atoms with Crippen molar-refractivity contribution in [1.82, 2.24) is 0 Å². The van der Waals surface area contributed by atoms with Gasteiger partial charge in [-0.1, -0.05) is 19.3 Å². The fourth-order valence-corrected chi connectivity index (χ4v) is 3.14. The lowest BCUT2D eigenvalue weighted by Gasteiger charge is -2.34. The first-order chi connectivity index (χ1) is 6.54. The summed E-state index contributed by atoms with van der Waals surface area (Å²) in [7, 11) is 0. The lowest BCUT2D eigenvalue weighted by atomic mass is 9.70. The number of aliphatic carboxylic acids is 1. The van der Waals surface area contributed by atoms with Crippen molar-refractivity contribution in [3.63, 3.8) is 0 Å². The number of carbonyl (C=O) groups is 2. The molecule has 0 aromatic carbocycles. The highest BCUT2D eigenvalue weighted by molar-refractivity contribution is 14.1.